The van der Waals surface area contributed by atoms with Crippen LogP contribution in [0, 0.1) is 0 Å². The highest BCUT2D eigenvalue weighted by atomic mass is 15.2. The molecule has 1 aromatic rings. The van der Waals surface area contributed by atoms with Gasteiger partial charge in [0.15, 0.2) is 0 Å². The van der Waals surface area contributed by atoms with Crippen LogP contribution in [0.3, 0.4) is 0 Å². The van der Waals surface area contributed by atoms with Gasteiger partial charge in [-0.2, -0.15) is 0 Å². The quantitative estimate of drug-likeness (QED) is 0.847. The van der Waals surface area contributed by atoms with Gasteiger partial charge in [-0.25, -0.2) is 4.98 Å². The third-order valence-corrected chi connectivity index (χ3v) is 3.60. The van der Waals surface area contributed by atoms with E-state index in [9.17, 15) is 0 Å². The highest BCUT2D eigenvalue weighted by Gasteiger charge is 2.27. The molecular weight excluding hydrogens is 210 g/mol. The fourth-order valence-corrected chi connectivity index (χ4v) is 2.70. The minimum atomic E-state index is 0.567. The Labute approximate surface area is 104 Å². The average Bonchev–Trinajstić information content (AvgIpc) is 2.84. The lowest BCUT2D eigenvalue weighted by atomic mass is 10.1. The lowest BCUT2D eigenvalue weighted by Crippen LogP contribution is -2.25. The van der Waals surface area contributed by atoms with Crippen LogP contribution in [0.2, 0.25) is 0 Å². The number of hydrogen-bond donors (Lipinski definition) is 1. The fraction of sp³-hybridized carbons (Fsp3) is 0.643. The third kappa shape index (κ3) is 2.78. The number of aromatic nitrogens is 1. The van der Waals surface area contributed by atoms with Gasteiger partial charge in [0.1, 0.15) is 5.82 Å². The second-order valence-corrected chi connectivity index (χ2v) is 4.74. The SMILES string of the molecule is CCCCN1CCC[C@H]1c1cccnc1NC. The van der Waals surface area contributed by atoms with Gasteiger partial charge < -0.3 is 5.32 Å². The minimum absolute atomic E-state index is 0.567. The number of nitrogens with zero attached hydrogens (tertiary/aromatic N) is 2. The van der Waals surface area contributed by atoms with Crippen LogP contribution in [-0.2, 0) is 0 Å². The molecule has 0 amide bonds. The molecule has 0 spiro atoms. The molecule has 1 saturated heterocycles. The summed E-state index contributed by atoms with van der Waals surface area (Å²) in [5.41, 5.74) is 1.36. The summed E-state index contributed by atoms with van der Waals surface area (Å²) in [6.45, 7) is 4.72. The fourth-order valence-electron chi connectivity index (χ4n) is 2.70. The summed E-state index contributed by atoms with van der Waals surface area (Å²) in [5, 5.41) is 3.21. The predicted octanol–water partition coefficient (Wildman–Crippen LogP) is 3.06. The van der Waals surface area contributed by atoms with Gasteiger partial charge in [-0.1, -0.05) is 19.4 Å². The van der Waals surface area contributed by atoms with Gasteiger partial charge in [0.25, 0.3) is 0 Å². The molecule has 1 aromatic heterocycles. The van der Waals surface area contributed by atoms with Crippen LogP contribution in [0.15, 0.2) is 18.3 Å². The van der Waals surface area contributed by atoms with Crippen LogP contribution < -0.4 is 5.32 Å². The first-order valence-corrected chi connectivity index (χ1v) is 6.73. The first kappa shape index (κ1) is 12.4. The molecule has 94 valence electrons. The molecule has 0 aliphatic carbocycles. The minimum Gasteiger partial charge on any atom is -0.373 e. The standard InChI is InChI=1S/C14H23N3/c1-3-4-10-17-11-6-8-13(17)12-7-5-9-16-14(12)15-2/h5,7,9,13H,3-4,6,8,10-11H2,1-2H3,(H,15,16)/t13-/m0/s1. The molecule has 0 unspecified atom stereocenters. The Morgan fingerprint density at radius 3 is 3.18 bits per heavy atom. The maximum Gasteiger partial charge on any atom is 0.130 e. The van der Waals surface area contributed by atoms with E-state index in [-0.39, 0.29) is 0 Å². The Hall–Kier alpha value is -1.09. The first-order valence-electron chi connectivity index (χ1n) is 6.73. The van der Waals surface area contributed by atoms with Crippen LogP contribution in [0.5, 0.6) is 0 Å². The molecule has 17 heavy (non-hydrogen) atoms. The lowest BCUT2D eigenvalue weighted by molar-refractivity contribution is 0.253. The van der Waals surface area contributed by atoms with Gasteiger partial charge >= 0.3 is 0 Å². The molecule has 1 aliphatic rings. The number of nitrogens with one attached hydrogen (secondary N) is 1. The van der Waals surface area contributed by atoms with Crippen molar-refractivity contribution in [1.82, 2.24) is 9.88 Å². The van der Waals surface area contributed by atoms with Crippen molar-refractivity contribution in [3.05, 3.63) is 23.9 Å². The molecule has 0 saturated carbocycles. The summed E-state index contributed by atoms with van der Waals surface area (Å²) < 4.78 is 0. The number of likely N-dealkylation sites (tertiary alicyclic amines) is 1. The molecule has 3 heteroatoms. The summed E-state index contributed by atoms with van der Waals surface area (Å²) in [7, 11) is 1.96. The van der Waals surface area contributed by atoms with E-state index in [2.05, 4.69) is 28.2 Å². The van der Waals surface area contributed by atoms with E-state index in [1.165, 1.54) is 44.3 Å². The molecule has 2 heterocycles. The Morgan fingerprint density at radius 1 is 1.53 bits per heavy atom. The van der Waals surface area contributed by atoms with E-state index in [1.54, 1.807) is 0 Å². The number of pyridine rings is 1. The van der Waals surface area contributed by atoms with Crippen LogP contribution >= 0.6 is 0 Å². The summed E-state index contributed by atoms with van der Waals surface area (Å²) in [6, 6.07) is 4.83. The van der Waals surface area contributed by atoms with Crippen molar-refractivity contribution < 1.29 is 0 Å². The van der Waals surface area contributed by atoms with Crippen LogP contribution in [0.25, 0.3) is 0 Å². The molecule has 0 bridgehead atoms. The summed E-state index contributed by atoms with van der Waals surface area (Å²) in [4.78, 5) is 7.03. The van der Waals surface area contributed by atoms with E-state index in [0.29, 0.717) is 6.04 Å². The van der Waals surface area contributed by atoms with Crippen molar-refractivity contribution in [3.8, 4) is 0 Å². The van der Waals surface area contributed by atoms with E-state index >= 15 is 0 Å². The van der Waals surface area contributed by atoms with Crippen molar-refractivity contribution in [2.45, 2.75) is 38.6 Å². The van der Waals surface area contributed by atoms with Gasteiger partial charge in [0, 0.05) is 24.8 Å². The zero-order valence-corrected chi connectivity index (χ0v) is 10.9. The molecular formula is C14H23N3. The van der Waals surface area contributed by atoms with Gasteiger partial charge in [0.05, 0.1) is 0 Å². The maximum atomic E-state index is 4.42. The zero-order valence-electron chi connectivity index (χ0n) is 10.9. The molecule has 1 fully saturated rings. The molecule has 3 nitrogen and oxygen atoms in total. The smallest absolute Gasteiger partial charge is 0.130 e. The maximum absolute atomic E-state index is 4.42. The Morgan fingerprint density at radius 2 is 2.41 bits per heavy atom. The van der Waals surface area contributed by atoms with Crippen LogP contribution in [-0.4, -0.2) is 30.0 Å². The normalized spacial score (nSPS) is 20.7. The second kappa shape index (κ2) is 6.01. The van der Waals surface area contributed by atoms with Crippen molar-refractivity contribution in [1.29, 1.82) is 0 Å². The molecule has 0 radical (unpaired) electrons. The number of hydrogen-bond acceptors (Lipinski definition) is 3. The van der Waals surface area contributed by atoms with E-state index < -0.39 is 0 Å². The lowest BCUT2D eigenvalue weighted by Gasteiger charge is -2.25. The predicted molar refractivity (Wildman–Crippen MR) is 72.2 cm³/mol. The highest BCUT2D eigenvalue weighted by molar-refractivity contribution is 5.45. The van der Waals surface area contributed by atoms with Crippen molar-refractivity contribution in [2.75, 3.05) is 25.5 Å². The highest BCUT2D eigenvalue weighted by Crippen LogP contribution is 2.34. The molecule has 1 aliphatic heterocycles. The van der Waals surface area contributed by atoms with E-state index in [1.807, 2.05) is 19.3 Å². The van der Waals surface area contributed by atoms with Gasteiger partial charge in [-0.15, -0.1) is 0 Å². The third-order valence-electron chi connectivity index (χ3n) is 3.60. The average molecular weight is 233 g/mol. The second-order valence-electron chi connectivity index (χ2n) is 4.74. The van der Waals surface area contributed by atoms with Crippen molar-refractivity contribution >= 4 is 5.82 Å². The Kier molecular flexibility index (Phi) is 4.37. The summed E-state index contributed by atoms with van der Waals surface area (Å²) >= 11 is 0. The topological polar surface area (TPSA) is 28.2 Å². The zero-order chi connectivity index (χ0) is 12.1. The van der Waals surface area contributed by atoms with Crippen molar-refractivity contribution in [2.24, 2.45) is 0 Å². The molecule has 1 N–H and O–H groups in total. The molecule has 0 aromatic carbocycles. The van der Waals surface area contributed by atoms with Crippen LogP contribution in [0.4, 0.5) is 5.82 Å². The summed E-state index contributed by atoms with van der Waals surface area (Å²) in [6.07, 6.45) is 7.01. The Balaban J connectivity index is 2.14. The Bertz CT molecular complexity index is 351. The van der Waals surface area contributed by atoms with Gasteiger partial charge in [-0.3, -0.25) is 4.90 Å². The van der Waals surface area contributed by atoms with Gasteiger partial charge in [-0.05, 0) is 38.4 Å². The largest absolute Gasteiger partial charge is 0.373 e. The summed E-state index contributed by atoms with van der Waals surface area (Å²) in [5.74, 6) is 1.04. The first-order chi connectivity index (χ1) is 8.36. The number of anilines is 1. The molecule has 1 atom stereocenters. The van der Waals surface area contributed by atoms with Gasteiger partial charge in [0.2, 0.25) is 0 Å². The number of unbranched alkanes of at least 4 members (excludes halogenated alkanes) is 1. The number of rotatable bonds is 5. The van der Waals surface area contributed by atoms with Crippen LogP contribution in [0.1, 0.15) is 44.2 Å². The van der Waals surface area contributed by atoms with E-state index in [4.69, 9.17) is 0 Å². The monoisotopic (exact) mass is 233 g/mol. The molecule has 2 rings (SSSR count). The van der Waals surface area contributed by atoms with E-state index in [0.717, 1.165) is 5.82 Å². The van der Waals surface area contributed by atoms with Crippen molar-refractivity contribution in [3.63, 3.8) is 0 Å².